The van der Waals surface area contributed by atoms with E-state index in [4.69, 9.17) is 16.4 Å². The summed E-state index contributed by atoms with van der Waals surface area (Å²) in [6, 6.07) is 12.0. The van der Waals surface area contributed by atoms with Gasteiger partial charge in [-0.05, 0) is 61.2 Å². The normalized spacial score (nSPS) is 15.8. The lowest BCUT2D eigenvalue weighted by Gasteiger charge is -2.45. The number of hydrogen-bond donors (Lipinski definition) is 2. The summed E-state index contributed by atoms with van der Waals surface area (Å²) in [4.78, 5) is 14.5. The number of nitriles is 1. The van der Waals surface area contributed by atoms with E-state index in [2.05, 4.69) is 0 Å². The number of nitrogens with one attached hydrogen (secondary N) is 1. The van der Waals surface area contributed by atoms with Crippen molar-refractivity contribution in [3.63, 3.8) is 0 Å². The summed E-state index contributed by atoms with van der Waals surface area (Å²) in [7, 11) is 0. The minimum absolute atomic E-state index is 0.0365. The first-order valence-corrected chi connectivity index (χ1v) is 9.27. The molecule has 0 radical (unpaired) electrons. The highest BCUT2D eigenvalue weighted by Gasteiger charge is 2.47. The van der Waals surface area contributed by atoms with Crippen molar-refractivity contribution in [3.05, 3.63) is 75.4 Å². The second-order valence-electron chi connectivity index (χ2n) is 7.54. The third kappa shape index (κ3) is 3.64. The average molecular weight is 390 g/mol. The molecule has 3 N–H and O–H groups in total. The van der Waals surface area contributed by atoms with Gasteiger partial charge in [-0.3, -0.25) is 4.79 Å². The molecule has 1 aliphatic rings. The van der Waals surface area contributed by atoms with Crippen molar-refractivity contribution in [2.45, 2.75) is 26.4 Å². The maximum atomic E-state index is 15.2. The minimum atomic E-state index is -1.61. The topological polar surface area (TPSA) is 94.0 Å². The molecule has 0 atom stereocenters. The van der Waals surface area contributed by atoms with Crippen LogP contribution in [0.2, 0.25) is 0 Å². The van der Waals surface area contributed by atoms with Crippen molar-refractivity contribution in [3.8, 4) is 6.07 Å². The van der Waals surface area contributed by atoms with E-state index in [1.807, 2.05) is 26.0 Å². The smallest absolute Gasteiger partial charge is 0.254 e. The molecule has 1 heterocycles. The molecular formula is C23H23FN4O. The van der Waals surface area contributed by atoms with Gasteiger partial charge in [-0.2, -0.15) is 5.26 Å². The summed E-state index contributed by atoms with van der Waals surface area (Å²) in [6.45, 7) is 5.42. The number of nitrogens with two attached hydrogens (primary N) is 1. The van der Waals surface area contributed by atoms with Crippen molar-refractivity contribution in [2.75, 3.05) is 13.1 Å². The number of carbonyl (C=O) groups is 1. The highest BCUT2D eigenvalue weighted by Crippen LogP contribution is 2.37. The first-order valence-electron chi connectivity index (χ1n) is 9.27. The molecule has 2 aromatic rings. The Bertz CT molecular complexity index is 1060. The fourth-order valence-corrected chi connectivity index (χ4v) is 3.56. The number of amides is 1. The molecule has 0 aliphatic carbocycles. The second kappa shape index (κ2) is 7.51. The highest BCUT2D eigenvalue weighted by atomic mass is 19.1. The Morgan fingerprint density at radius 2 is 1.79 bits per heavy atom. The van der Waals surface area contributed by atoms with Gasteiger partial charge in [0.2, 0.25) is 0 Å². The van der Waals surface area contributed by atoms with E-state index in [9.17, 15) is 4.79 Å². The van der Waals surface area contributed by atoms with Gasteiger partial charge in [0.1, 0.15) is 0 Å². The van der Waals surface area contributed by atoms with E-state index in [0.29, 0.717) is 33.5 Å². The summed E-state index contributed by atoms with van der Waals surface area (Å²) in [6.07, 6.45) is 1.18. The molecule has 29 heavy (non-hydrogen) atoms. The molecular weight excluding hydrogens is 367 g/mol. The van der Waals surface area contributed by atoms with Crippen molar-refractivity contribution in [1.29, 1.82) is 10.7 Å². The molecule has 148 valence electrons. The Morgan fingerprint density at radius 3 is 2.34 bits per heavy atom. The second-order valence-corrected chi connectivity index (χ2v) is 7.54. The Labute approximate surface area is 169 Å². The molecule has 0 saturated carbocycles. The average Bonchev–Trinajstić information content (AvgIpc) is 2.70. The van der Waals surface area contributed by atoms with Gasteiger partial charge < -0.3 is 16.0 Å². The molecule has 6 heteroatoms. The molecule has 0 spiro atoms. The van der Waals surface area contributed by atoms with Crippen molar-refractivity contribution in [2.24, 2.45) is 5.73 Å². The van der Waals surface area contributed by atoms with Crippen LogP contribution in [-0.2, 0) is 5.67 Å². The number of hydrogen-bond acceptors (Lipinski definition) is 4. The number of allylic oxidation sites excluding steroid dienone is 1. The summed E-state index contributed by atoms with van der Waals surface area (Å²) < 4.78 is 15.2. The Kier molecular flexibility index (Phi) is 5.25. The summed E-state index contributed by atoms with van der Waals surface area (Å²) >= 11 is 0. The molecule has 1 fully saturated rings. The molecule has 1 saturated heterocycles. The molecule has 0 unspecified atom stereocenters. The highest BCUT2D eigenvalue weighted by molar-refractivity contribution is 5.98. The molecule has 5 nitrogen and oxygen atoms in total. The van der Waals surface area contributed by atoms with Crippen LogP contribution in [0.3, 0.4) is 0 Å². The Balaban J connectivity index is 1.85. The van der Waals surface area contributed by atoms with Gasteiger partial charge >= 0.3 is 0 Å². The fourth-order valence-electron chi connectivity index (χ4n) is 3.56. The van der Waals surface area contributed by atoms with Gasteiger partial charge in [0.15, 0.2) is 5.67 Å². The van der Waals surface area contributed by atoms with E-state index in [1.54, 1.807) is 37.3 Å². The van der Waals surface area contributed by atoms with Crippen LogP contribution in [0.5, 0.6) is 0 Å². The SMILES string of the molecule is C/C(C=N)=C(/N)c1cc(C(=O)N2CC(F)(c3ccc(C#N)cc3)C2)c(C)cc1C. The van der Waals surface area contributed by atoms with Crippen molar-refractivity contribution < 1.29 is 9.18 Å². The Hall–Kier alpha value is -3.46. The summed E-state index contributed by atoms with van der Waals surface area (Å²) in [5.41, 5.74) is 9.45. The van der Waals surface area contributed by atoms with Gasteiger partial charge in [-0.25, -0.2) is 4.39 Å². The molecule has 3 rings (SSSR count). The van der Waals surface area contributed by atoms with Crippen LogP contribution in [0.4, 0.5) is 4.39 Å². The molecule has 1 aliphatic heterocycles. The van der Waals surface area contributed by atoms with Crippen molar-refractivity contribution in [1.82, 2.24) is 4.90 Å². The lowest BCUT2D eigenvalue weighted by molar-refractivity contribution is -0.0231. The van der Waals surface area contributed by atoms with Gasteiger partial charge in [0.05, 0.1) is 24.7 Å². The lowest BCUT2D eigenvalue weighted by atomic mass is 9.86. The molecule has 0 bridgehead atoms. The predicted molar refractivity (Wildman–Crippen MR) is 111 cm³/mol. The third-order valence-corrected chi connectivity index (χ3v) is 5.43. The molecule has 2 aromatic carbocycles. The first-order chi connectivity index (χ1) is 13.7. The zero-order valence-corrected chi connectivity index (χ0v) is 16.7. The van der Waals surface area contributed by atoms with Gasteiger partial charge in [-0.1, -0.05) is 18.2 Å². The number of aryl methyl sites for hydroxylation is 2. The third-order valence-electron chi connectivity index (χ3n) is 5.43. The number of rotatable bonds is 4. The first kappa shape index (κ1) is 20.3. The van der Waals surface area contributed by atoms with E-state index in [-0.39, 0.29) is 19.0 Å². The van der Waals surface area contributed by atoms with Gasteiger partial charge in [0.25, 0.3) is 5.91 Å². The van der Waals surface area contributed by atoms with Crippen LogP contribution < -0.4 is 5.73 Å². The van der Waals surface area contributed by atoms with E-state index in [1.165, 1.54) is 11.1 Å². The Morgan fingerprint density at radius 1 is 1.21 bits per heavy atom. The number of nitrogens with zero attached hydrogens (tertiary/aromatic N) is 2. The van der Waals surface area contributed by atoms with Gasteiger partial charge in [-0.15, -0.1) is 0 Å². The van der Waals surface area contributed by atoms with E-state index < -0.39 is 5.67 Å². The van der Waals surface area contributed by atoms with Crippen LogP contribution in [0, 0.1) is 30.6 Å². The fraction of sp³-hybridized carbons (Fsp3) is 0.261. The monoisotopic (exact) mass is 390 g/mol. The van der Waals surface area contributed by atoms with Crippen LogP contribution in [0.1, 0.15) is 45.1 Å². The van der Waals surface area contributed by atoms with E-state index >= 15 is 4.39 Å². The molecule has 1 amide bonds. The van der Waals surface area contributed by atoms with Crippen LogP contribution in [0.15, 0.2) is 42.0 Å². The number of halogens is 1. The standard InChI is InChI=1S/C23H23FN4O/c1-14-8-15(2)20(9-19(14)21(27)16(3)10-25)22(29)28-12-23(24,13-28)18-6-4-17(11-26)5-7-18/h4-10,25H,12-13,27H2,1-3H3/b21-16-,25-10?. The van der Waals surface area contributed by atoms with Crippen molar-refractivity contribution >= 4 is 17.8 Å². The maximum absolute atomic E-state index is 15.2. The van der Waals surface area contributed by atoms with E-state index in [0.717, 1.165) is 11.1 Å². The number of likely N-dealkylation sites (tertiary alicyclic amines) is 1. The number of carbonyl (C=O) groups excluding carboxylic acids is 1. The van der Waals surface area contributed by atoms with Gasteiger partial charge in [0, 0.05) is 23.0 Å². The summed E-state index contributed by atoms with van der Waals surface area (Å²) in [5.74, 6) is -0.244. The number of benzene rings is 2. The number of alkyl halides is 1. The zero-order valence-electron chi connectivity index (χ0n) is 16.7. The lowest BCUT2D eigenvalue weighted by Crippen LogP contribution is -2.58. The van der Waals surface area contributed by atoms with Crippen LogP contribution in [0.25, 0.3) is 5.70 Å². The van der Waals surface area contributed by atoms with Crippen LogP contribution >= 0.6 is 0 Å². The largest absolute Gasteiger partial charge is 0.398 e. The quantitative estimate of drug-likeness (QED) is 0.777. The zero-order chi connectivity index (χ0) is 21.3. The predicted octanol–water partition coefficient (Wildman–Crippen LogP) is 3.84. The van der Waals surface area contributed by atoms with Crippen LogP contribution in [-0.4, -0.2) is 30.1 Å². The summed E-state index contributed by atoms with van der Waals surface area (Å²) in [5, 5.41) is 16.3. The minimum Gasteiger partial charge on any atom is -0.398 e. The maximum Gasteiger partial charge on any atom is 0.254 e. The molecule has 0 aromatic heterocycles.